The first-order valence-electron chi connectivity index (χ1n) is 5.11. The van der Waals surface area contributed by atoms with Crippen molar-refractivity contribution >= 4 is 23.0 Å². The summed E-state index contributed by atoms with van der Waals surface area (Å²) in [6.07, 6.45) is 0. The SMILES string of the molecule is CC(Nc1nc2cccc(F)c2n1C)C(=O)O. The molecule has 2 aromatic rings. The summed E-state index contributed by atoms with van der Waals surface area (Å²) in [6.45, 7) is 1.50. The Kier molecular flexibility index (Phi) is 2.71. The summed E-state index contributed by atoms with van der Waals surface area (Å²) in [5.74, 6) is -1.04. The van der Waals surface area contributed by atoms with E-state index < -0.39 is 12.0 Å². The highest BCUT2D eigenvalue weighted by atomic mass is 19.1. The lowest BCUT2D eigenvalue weighted by Gasteiger charge is -2.09. The molecule has 1 heterocycles. The summed E-state index contributed by atoms with van der Waals surface area (Å²) < 4.78 is 15.1. The zero-order chi connectivity index (χ0) is 12.6. The average molecular weight is 237 g/mol. The van der Waals surface area contributed by atoms with Gasteiger partial charge in [0.05, 0.1) is 5.52 Å². The number of rotatable bonds is 3. The van der Waals surface area contributed by atoms with E-state index in [9.17, 15) is 9.18 Å². The third-order valence-electron chi connectivity index (χ3n) is 2.56. The molecule has 0 radical (unpaired) electrons. The molecule has 1 aromatic carbocycles. The monoisotopic (exact) mass is 237 g/mol. The van der Waals surface area contributed by atoms with Crippen molar-refractivity contribution in [3.05, 3.63) is 24.0 Å². The minimum Gasteiger partial charge on any atom is -0.480 e. The van der Waals surface area contributed by atoms with Crippen LogP contribution in [0.3, 0.4) is 0 Å². The Morgan fingerprint density at radius 2 is 2.29 bits per heavy atom. The summed E-state index contributed by atoms with van der Waals surface area (Å²) in [7, 11) is 1.63. The van der Waals surface area contributed by atoms with Crippen LogP contribution in [0.5, 0.6) is 0 Å². The average Bonchev–Trinajstić information content (AvgIpc) is 2.57. The first-order valence-corrected chi connectivity index (χ1v) is 5.11. The van der Waals surface area contributed by atoms with Crippen molar-refractivity contribution < 1.29 is 14.3 Å². The van der Waals surface area contributed by atoms with Gasteiger partial charge in [0.1, 0.15) is 17.4 Å². The molecule has 90 valence electrons. The highest BCUT2D eigenvalue weighted by molar-refractivity contribution is 5.81. The number of benzene rings is 1. The maximum absolute atomic E-state index is 13.6. The predicted molar refractivity (Wildman–Crippen MR) is 61.4 cm³/mol. The zero-order valence-corrected chi connectivity index (χ0v) is 9.44. The van der Waals surface area contributed by atoms with Crippen LogP contribution in [0.4, 0.5) is 10.3 Å². The normalized spacial score (nSPS) is 12.6. The number of imidazole rings is 1. The van der Waals surface area contributed by atoms with Crippen LogP contribution in [0.15, 0.2) is 18.2 Å². The highest BCUT2D eigenvalue weighted by Gasteiger charge is 2.16. The van der Waals surface area contributed by atoms with E-state index in [2.05, 4.69) is 10.3 Å². The number of aryl methyl sites for hydroxylation is 1. The molecule has 6 heteroatoms. The number of aromatic nitrogens is 2. The van der Waals surface area contributed by atoms with Crippen molar-refractivity contribution in [2.24, 2.45) is 7.05 Å². The van der Waals surface area contributed by atoms with Gasteiger partial charge in [0, 0.05) is 7.05 Å². The number of hydrogen-bond acceptors (Lipinski definition) is 3. The first-order chi connectivity index (χ1) is 8.00. The van der Waals surface area contributed by atoms with Crippen LogP contribution in [0, 0.1) is 5.82 Å². The standard InChI is InChI=1S/C11H12FN3O2/c1-6(10(16)17)13-11-14-8-5-3-4-7(12)9(8)15(11)2/h3-6H,1-2H3,(H,13,14)(H,16,17). The number of nitrogens with zero attached hydrogens (tertiary/aromatic N) is 2. The Balaban J connectivity index is 2.46. The van der Waals surface area contributed by atoms with Gasteiger partial charge in [0.25, 0.3) is 0 Å². The Morgan fingerprint density at radius 1 is 1.59 bits per heavy atom. The van der Waals surface area contributed by atoms with Gasteiger partial charge in [-0.15, -0.1) is 0 Å². The number of halogens is 1. The van der Waals surface area contributed by atoms with E-state index in [4.69, 9.17) is 5.11 Å². The third-order valence-corrected chi connectivity index (χ3v) is 2.56. The number of carbonyl (C=O) groups is 1. The molecule has 0 aliphatic rings. The Labute approximate surface area is 96.9 Å². The van der Waals surface area contributed by atoms with Gasteiger partial charge in [-0.05, 0) is 19.1 Å². The smallest absolute Gasteiger partial charge is 0.325 e. The van der Waals surface area contributed by atoms with E-state index >= 15 is 0 Å². The third kappa shape index (κ3) is 1.93. The lowest BCUT2D eigenvalue weighted by atomic mass is 10.3. The van der Waals surface area contributed by atoms with Gasteiger partial charge in [0.2, 0.25) is 5.95 Å². The second kappa shape index (κ2) is 4.04. The molecule has 0 saturated carbocycles. The lowest BCUT2D eigenvalue weighted by molar-refractivity contribution is -0.137. The fraction of sp³-hybridized carbons (Fsp3) is 0.273. The number of fused-ring (bicyclic) bond motifs is 1. The summed E-state index contributed by atoms with van der Waals surface area (Å²) in [6, 6.07) is 3.80. The van der Waals surface area contributed by atoms with Gasteiger partial charge in [-0.25, -0.2) is 9.37 Å². The van der Waals surface area contributed by atoms with E-state index in [0.29, 0.717) is 17.0 Å². The molecular formula is C11H12FN3O2. The Morgan fingerprint density at radius 3 is 2.88 bits per heavy atom. The molecule has 0 amide bonds. The van der Waals surface area contributed by atoms with Crippen LogP contribution in [0.2, 0.25) is 0 Å². The van der Waals surface area contributed by atoms with E-state index in [1.807, 2.05) is 0 Å². The molecule has 0 spiro atoms. The number of aliphatic carboxylic acids is 1. The summed E-state index contributed by atoms with van der Waals surface area (Å²) in [5.41, 5.74) is 0.847. The van der Waals surface area contributed by atoms with Crippen LogP contribution in [-0.4, -0.2) is 26.7 Å². The molecule has 5 nitrogen and oxygen atoms in total. The molecular weight excluding hydrogens is 225 g/mol. The maximum Gasteiger partial charge on any atom is 0.325 e. The summed E-state index contributed by atoms with van der Waals surface area (Å²) in [4.78, 5) is 14.9. The second-order valence-electron chi connectivity index (χ2n) is 3.81. The van der Waals surface area contributed by atoms with Gasteiger partial charge >= 0.3 is 5.97 Å². The van der Waals surface area contributed by atoms with E-state index in [1.165, 1.54) is 17.6 Å². The minimum absolute atomic E-state index is 0.333. The van der Waals surface area contributed by atoms with Gasteiger partial charge in [0.15, 0.2) is 0 Å². The number of anilines is 1. The second-order valence-corrected chi connectivity index (χ2v) is 3.81. The molecule has 0 aliphatic heterocycles. The molecule has 17 heavy (non-hydrogen) atoms. The molecule has 1 atom stereocenters. The predicted octanol–water partition coefficient (Wildman–Crippen LogP) is 1.60. The summed E-state index contributed by atoms with van der Waals surface area (Å²) in [5, 5.41) is 11.5. The molecule has 0 saturated heterocycles. The van der Waals surface area contributed by atoms with Crippen molar-refractivity contribution in [2.45, 2.75) is 13.0 Å². The molecule has 0 aliphatic carbocycles. The van der Waals surface area contributed by atoms with Crippen LogP contribution in [0.25, 0.3) is 11.0 Å². The maximum atomic E-state index is 13.6. The van der Waals surface area contributed by atoms with Crippen molar-refractivity contribution in [2.75, 3.05) is 5.32 Å². The largest absolute Gasteiger partial charge is 0.480 e. The zero-order valence-electron chi connectivity index (χ0n) is 9.44. The van der Waals surface area contributed by atoms with Crippen molar-refractivity contribution in [3.63, 3.8) is 0 Å². The molecule has 0 bridgehead atoms. The van der Waals surface area contributed by atoms with Crippen molar-refractivity contribution in [3.8, 4) is 0 Å². The quantitative estimate of drug-likeness (QED) is 0.850. The Hall–Kier alpha value is -2.11. The Bertz CT molecular complexity index is 579. The highest BCUT2D eigenvalue weighted by Crippen LogP contribution is 2.21. The molecule has 2 N–H and O–H groups in total. The lowest BCUT2D eigenvalue weighted by Crippen LogP contribution is -2.26. The van der Waals surface area contributed by atoms with Gasteiger partial charge < -0.3 is 15.0 Å². The fourth-order valence-corrected chi connectivity index (χ4v) is 1.61. The topological polar surface area (TPSA) is 67.2 Å². The van der Waals surface area contributed by atoms with Crippen molar-refractivity contribution in [1.82, 2.24) is 9.55 Å². The first kappa shape index (κ1) is 11.4. The fourth-order valence-electron chi connectivity index (χ4n) is 1.61. The van der Waals surface area contributed by atoms with Crippen molar-refractivity contribution in [1.29, 1.82) is 0 Å². The molecule has 0 fully saturated rings. The number of hydrogen-bond donors (Lipinski definition) is 2. The minimum atomic E-state index is -0.988. The van der Waals surface area contributed by atoms with E-state index in [1.54, 1.807) is 19.2 Å². The van der Waals surface area contributed by atoms with E-state index in [-0.39, 0.29) is 5.82 Å². The molecule has 2 rings (SSSR count). The van der Waals surface area contributed by atoms with Gasteiger partial charge in [-0.1, -0.05) is 6.07 Å². The van der Waals surface area contributed by atoms with Crippen LogP contribution in [0.1, 0.15) is 6.92 Å². The molecule has 1 aromatic heterocycles. The van der Waals surface area contributed by atoms with Crippen LogP contribution in [-0.2, 0) is 11.8 Å². The number of para-hydroxylation sites is 1. The van der Waals surface area contributed by atoms with Gasteiger partial charge in [-0.3, -0.25) is 4.79 Å². The van der Waals surface area contributed by atoms with Gasteiger partial charge in [-0.2, -0.15) is 0 Å². The van der Waals surface area contributed by atoms with Crippen LogP contribution >= 0.6 is 0 Å². The summed E-state index contributed by atoms with van der Waals surface area (Å²) >= 11 is 0. The number of nitrogens with one attached hydrogen (secondary N) is 1. The van der Waals surface area contributed by atoms with E-state index in [0.717, 1.165) is 0 Å². The molecule has 1 unspecified atom stereocenters. The number of carboxylic acids is 1. The van der Waals surface area contributed by atoms with Crippen LogP contribution < -0.4 is 5.32 Å². The number of carboxylic acid groups (broad SMARTS) is 1.